The van der Waals surface area contributed by atoms with Gasteiger partial charge in [0.25, 0.3) is 0 Å². The van der Waals surface area contributed by atoms with E-state index in [4.69, 9.17) is 52.1 Å². The van der Waals surface area contributed by atoms with Gasteiger partial charge in [0.2, 0.25) is 0 Å². The normalized spacial score (nSPS) is 53.0. The van der Waals surface area contributed by atoms with Crippen molar-refractivity contribution in [2.24, 2.45) is 28.6 Å². The molecule has 19 nitrogen and oxygen atoms in total. The highest BCUT2D eigenvalue weighted by atomic mass is 16.8. The highest BCUT2D eigenvalue weighted by Crippen LogP contribution is 2.68. The zero-order valence-corrected chi connectivity index (χ0v) is 40.4. The Kier molecular flexibility index (Phi) is 16.3. The molecule has 19 heteroatoms. The van der Waals surface area contributed by atoms with Gasteiger partial charge in [-0.1, -0.05) is 25.5 Å². The second-order valence-electron chi connectivity index (χ2n) is 21.3. The number of aliphatic hydroxyl groups is 8. The largest absolute Gasteiger partial charge is 0.394 e. The minimum Gasteiger partial charge on any atom is -0.394 e. The summed E-state index contributed by atoms with van der Waals surface area (Å²) in [6.07, 6.45) is -10.4. The van der Waals surface area contributed by atoms with Crippen LogP contribution in [0.25, 0.3) is 0 Å². The average molecular weight is 961 g/mol. The standard InChI is InChI=1S/C48H80O19/c1-22(51)27-13-16-48(56)29-10-9-25-17-26(11-14-46(25,4)28(29)12-15-47(27,48)5)62-34-19-31(58-7)40(24(3)61-34)66-44-38(54)37(53)41(32(20-49)63-44)67-45-39(55)43(59-8)42(33(21-50)64-45)65-35-18-30(57-6)36(52)23(2)60-35/h9,22-24,26-45,49-56H,10-21H2,1-8H3. The fourth-order valence-corrected chi connectivity index (χ4v) is 14.0. The Morgan fingerprint density at radius 2 is 1.28 bits per heavy atom. The summed E-state index contributed by atoms with van der Waals surface area (Å²) in [4.78, 5) is 0. The summed E-state index contributed by atoms with van der Waals surface area (Å²) in [5.74, 6) is 0.626. The van der Waals surface area contributed by atoms with Crippen LogP contribution in [-0.4, -0.2) is 204 Å². The fraction of sp³-hybridized carbons (Fsp3) is 0.958. The topological polar surface area (TPSA) is 263 Å². The Hall–Kier alpha value is -1.02. The van der Waals surface area contributed by atoms with Gasteiger partial charge in [-0.15, -0.1) is 0 Å². The number of ether oxygens (including phenoxy) is 11. The number of rotatable bonds is 14. The van der Waals surface area contributed by atoms with Gasteiger partial charge >= 0.3 is 0 Å². The molecule has 67 heavy (non-hydrogen) atoms. The van der Waals surface area contributed by atoms with Crippen molar-refractivity contribution in [1.29, 1.82) is 0 Å². The van der Waals surface area contributed by atoms with E-state index >= 15 is 0 Å². The van der Waals surface area contributed by atoms with Crippen LogP contribution in [0.15, 0.2) is 11.6 Å². The maximum absolute atomic E-state index is 12.4. The maximum atomic E-state index is 12.4. The van der Waals surface area contributed by atoms with Gasteiger partial charge in [0.15, 0.2) is 25.2 Å². The predicted molar refractivity (Wildman–Crippen MR) is 234 cm³/mol. The number of aliphatic hydroxyl groups excluding tert-OH is 7. The van der Waals surface area contributed by atoms with Crippen LogP contribution in [0, 0.1) is 28.6 Å². The third-order valence-electron chi connectivity index (χ3n) is 17.9. The first-order chi connectivity index (χ1) is 31.9. The van der Waals surface area contributed by atoms with Crippen molar-refractivity contribution >= 4 is 0 Å². The van der Waals surface area contributed by atoms with Gasteiger partial charge in [-0.3, -0.25) is 0 Å². The van der Waals surface area contributed by atoms with Crippen molar-refractivity contribution in [2.45, 2.75) is 227 Å². The van der Waals surface area contributed by atoms with Crippen molar-refractivity contribution in [3.05, 3.63) is 11.6 Å². The molecule has 0 amide bonds. The molecule has 3 saturated carbocycles. The highest BCUT2D eigenvalue weighted by molar-refractivity contribution is 5.28. The van der Waals surface area contributed by atoms with Crippen molar-refractivity contribution < 1.29 is 93.0 Å². The van der Waals surface area contributed by atoms with Crippen LogP contribution in [0.2, 0.25) is 0 Å². The minimum atomic E-state index is -1.71. The molecule has 4 heterocycles. The average Bonchev–Trinajstić information content (AvgIpc) is 3.59. The smallest absolute Gasteiger partial charge is 0.187 e. The van der Waals surface area contributed by atoms with Crippen molar-refractivity contribution in [1.82, 2.24) is 0 Å². The first-order valence-corrected chi connectivity index (χ1v) is 24.7. The van der Waals surface area contributed by atoms with Gasteiger partial charge in [-0.05, 0) is 95.3 Å². The third kappa shape index (κ3) is 9.47. The first kappa shape index (κ1) is 52.3. The Balaban J connectivity index is 0.861. The number of hydrogen-bond acceptors (Lipinski definition) is 19. The molecule has 8 rings (SSSR count). The number of fused-ring (bicyclic) bond motifs is 5. The molecule has 26 atom stereocenters. The van der Waals surface area contributed by atoms with E-state index in [-0.39, 0.29) is 35.2 Å². The highest BCUT2D eigenvalue weighted by Gasteiger charge is 2.67. The molecule has 7 fully saturated rings. The van der Waals surface area contributed by atoms with Crippen molar-refractivity contribution in [3.8, 4) is 0 Å². The van der Waals surface area contributed by atoms with Gasteiger partial charge in [0.05, 0.1) is 55.4 Å². The number of hydrogen-bond donors (Lipinski definition) is 8. The van der Waals surface area contributed by atoms with Gasteiger partial charge in [-0.25, -0.2) is 0 Å². The molecule has 0 bridgehead atoms. The lowest BCUT2D eigenvalue weighted by molar-refractivity contribution is -0.381. The molecule has 0 spiro atoms. The van der Waals surface area contributed by atoms with Crippen LogP contribution in [0.1, 0.15) is 98.8 Å². The Labute approximate surface area is 394 Å². The molecule has 4 saturated heterocycles. The zero-order valence-electron chi connectivity index (χ0n) is 40.4. The molecular formula is C48H80O19. The number of methoxy groups -OCH3 is 3. The van der Waals surface area contributed by atoms with Crippen molar-refractivity contribution in [3.63, 3.8) is 0 Å². The predicted octanol–water partition coefficient (Wildman–Crippen LogP) is 0.795. The Morgan fingerprint density at radius 3 is 1.94 bits per heavy atom. The molecule has 4 aliphatic heterocycles. The van der Waals surface area contributed by atoms with Crippen LogP contribution in [0.5, 0.6) is 0 Å². The quantitative estimate of drug-likeness (QED) is 0.112. The van der Waals surface area contributed by atoms with E-state index < -0.39 is 136 Å². The molecule has 386 valence electrons. The van der Waals surface area contributed by atoms with Gasteiger partial charge < -0.3 is 93.0 Å². The lowest BCUT2D eigenvalue weighted by Gasteiger charge is -2.61. The van der Waals surface area contributed by atoms with E-state index in [0.29, 0.717) is 12.3 Å². The summed E-state index contributed by atoms with van der Waals surface area (Å²) in [5, 5.41) is 88.7. The summed E-state index contributed by atoms with van der Waals surface area (Å²) in [6, 6.07) is 0. The molecule has 0 radical (unpaired) electrons. The van der Waals surface area contributed by atoms with Gasteiger partial charge in [-0.2, -0.15) is 0 Å². The summed E-state index contributed by atoms with van der Waals surface area (Å²) in [7, 11) is 4.35. The van der Waals surface area contributed by atoms with Crippen LogP contribution >= 0.6 is 0 Å². The van der Waals surface area contributed by atoms with E-state index in [1.807, 2.05) is 13.8 Å². The zero-order chi connectivity index (χ0) is 48.3. The first-order valence-electron chi connectivity index (χ1n) is 24.7. The van der Waals surface area contributed by atoms with Crippen LogP contribution < -0.4 is 0 Å². The molecule has 0 aromatic carbocycles. The molecule has 26 unspecified atom stereocenters. The fourth-order valence-electron chi connectivity index (χ4n) is 14.0. The second-order valence-corrected chi connectivity index (χ2v) is 21.3. The molecular weight excluding hydrogens is 881 g/mol. The minimum absolute atomic E-state index is 0.0421. The summed E-state index contributed by atoms with van der Waals surface area (Å²) >= 11 is 0. The van der Waals surface area contributed by atoms with Crippen molar-refractivity contribution in [2.75, 3.05) is 34.5 Å². The van der Waals surface area contributed by atoms with Gasteiger partial charge in [0, 0.05) is 39.6 Å². The lowest BCUT2D eigenvalue weighted by Crippen LogP contribution is -2.66. The Bertz CT molecular complexity index is 1670. The van der Waals surface area contributed by atoms with Crippen LogP contribution in [0.3, 0.4) is 0 Å². The van der Waals surface area contributed by atoms with E-state index in [0.717, 1.165) is 51.4 Å². The number of allylic oxidation sites excluding steroid dienone is 1. The SMILES string of the molecule is COC1CC(OC2C(CO)OC(OC3C(CO)OC(OC4C(C)OC(OC5CCC6(C)C(=CCC7C6CCC6(C)C(C(C)O)CCC76O)C5)CC4OC)C(O)C3O)C(O)C2OC)OC(C)C1O. The molecule has 8 aliphatic rings. The van der Waals surface area contributed by atoms with E-state index in [2.05, 4.69) is 19.9 Å². The molecule has 4 aliphatic carbocycles. The van der Waals surface area contributed by atoms with E-state index in [1.165, 1.54) is 19.8 Å². The molecule has 0 aromatic rings. The van der Waals surface area contributed by atoms with Gasteiger partial charge in [0.1, 0.15) is 61.0 Å². The lowest BCUT2D eigenvalue weighted by atomic mass is 9.45. The third-order valence-corrected chi connectivity index (χ3v) is 17.9. The Morgan fingerprint density at radius 1 is 0.657 bits per heavy atom. The monoisotopic (exact) mass is 961 g/mol. The van der Waals surface area contributed by atoms with E-state index in [9.17, 15) is 40.9 Å². The van der Waals surface area contributed by atoms with Crippen LogP contribution in [0.4, 0.5) is 0 Å². The summed E-state index contributed by atoms with van der Waals surface area (Å²) in [5.41, 5.74) is 0.263. The maximum Gasteiger partial charge on any atom is 0.187 e. The summed E-state index contributed by atoms with van der Waals surface area (Å²) in [6.45, 7) is 8.67. The second kappa shape index (κ2) is 20.8. The van der Waals surface area contributed by atoms with Crippen LogP contribution in [-0.2, 0) is 52.1 Å². The van der Waals surface area contributed by atoms with E-state index in [1.54, 1.807) is 14.0 Å². The summed E-state index contributed by atoms with van der Waals surface area (Å²) < 4.78 is 66.3. The molecule has 0 aromatic heterocycles. The molecule has 8 N–H and O–H groups in total.